The Morgan fingerprint density at radius 2 is 1.95 bits per heavy atom. The lowest BCUT2D eigenvalue weighted by Gasteiger charge is -2.18. The van der Waals surface area contributed by atoms with Crippen molar-refractivity contribution in [3.8, 4) is 0 Å². The molecule has 0 fully saturated rings. The van der Waals surface area contributed by atoms with Crippen LogP contribution in [0.5, 0.6) is 0 Å². The van der Waals surface area contributed by atoms with E-state index in [0.29, 0.717) is 6.54 Å². The lowest BCUT2D eigenvalue weighted by atomic mass is 10.1. The van der Waals surface area contributed by atoms with Crippen LogP contribution in [-0.4, -0.2) is 38.7 Å². The molecule has 19 heavy (non-hydrogen) atoms. The first-order valence-electron chi connectivity index (χ1n) is 6.04. The Balaban J connectivity index is 2.99. The molecule has 0 bridgehead atoms. The average Bonchev–Trinajstić information content (AvgIpc) is 2.32. The van der Waals surface area contributed by atoms with E-state index in [9.17, 15) is 15.2 Å². The molecule has 0 aliphatic rings. The minimum atomic E-state index is -0.990. The van der Waals surface area contributed by atoms with Crippen LogP contribution in [0.3, 0.4) is 0 Å². The van der Waals surface area contributed by atoms with Gasteiger partial charge in [-0.1, -0.05) is 6.92 Å². The fraction of sp³-hybridized carbons (Fsp3) is 0.636. The Kier molecular flexibility index (Phi) is 4.99. The lowest BCUT2D eigenvalue weighted by molar-refractivity contribution is -0.383. The monoisotopic (exact) mass is 269 g/mol. The number of aliphatic hydroxyl groups is 1. The molecular weight excluding hydrogens is 250 g/mol. The predicted molar refractivity (Wildman–Crippen MR) is 72.3 cm³/mol. The Bertz CT molecular complexity index is 444. The van der Waals surface area contributed by atoms with Crippen molar-refractivity contribution in [3.05, 3.63) is 16.4 Å². The van der Waals surface area contributed by atoms with E-state index in [1.54, 1.807) is 13.8 Å². The maximum absolute atomic E-state index is 11.1. The number of aromatic nitrogens is 2. The molecule has 0 unspecified atom stereocenters. The standard InChI is InChI=1S/C11H19N5O3/c1-4-5-12-9-8(16(18)19)10(15-7-14-9)13-6-11(2,3)17/h7,17H,4-6H2,1-3H3,(H2,12,13,14,15). The summed E-state index contributed by atoms with van der Waals surface area (Å²) in [6.45, 7) is 5.89. The lowest BCUT2D eigenvalue weighted by Crippen LogP contribution is -2.30. The average molecular weight is 269 g/mol. The van der Waals surface area contributed by atoms with Crippen molar-refractivity contribution in [1.29, 1.82) is 0 Å². The molecule has 0 radical (unpaired) electrons. The molecule has 0 atom stereocenters. The number of hydrogen-bond donors (Lipinski definition) is 3. The van der Waals surface area contributed by atoms with Crippen molar-refractivity contribution in [3.63, 3.8) is 0 Å². The molecule has 1 aromatic rings. The second-order valence-electron chi connectivity index (χ2n) is 4.77. The number of nitrogens with zero attached hydrogens (tertiary/aromatic N) is 3. The molecule has 0 spiro atoms. The molecule has 0 aromatic carbocycles. The molecule has 1 heterocycles. The normalized spacial score (nSPS) is 11.2. The summed E-state index contributed by atoms with van der Waals surface area (Å²) < 4.78 is 0. The first kappa shape index (κ1) is 15.1. The highest BCUT2D eigenvalue weighted by Gasteiger charge is 2.24. The molecule has 0 saturated heterocycles. The molecule has 8 heteroatoms. The zero-order valence-electron chi connectivity index (χ0n) is 11.3. The molecule has 0 aliphatic carbocycles. The van der Waals surface area contributed by atoms with Crippen molar-refractivity contribution in [2.24, 2.45) is 0 Å². The van der Waals surface area contributed by atoms with Crippen molar-refractivity contribution < 1.29 is 10.0 Å². The maximum Gasteiger partial charge on any atom is 0.353 e. The van der Waals surface area contributed by atoms with Crippen molar-refractivity contribution in [2.75, 3.05) is 23.7 Å². The smallest absolute Gasteiger partial charge is 0.353 e. The molecule has 3 N–H and O–H groups in total. The third-order valence-corrected chi connectivity index (χ3v) is 2.24. The van der Waals surface area contributed by atoms with Crippen LogP contribution in [-0.2, 0) is 0 Å². The van der Waals surface area contributed by atoms with E-state index in [4.69, 9.17) is 0 Å². The number of hydrogen-bond acceptors (Lipinski definition) is 7. The summed E-state index contributed by atoms with van der Waals surface area (Å²) >= 11 is 0. The number of nitro groups is 1. The van der Waals surface area contributed by atoms with Gasteiger partial charge in [0.2, 0.25) is 11.6 Å². The van der Waals surface area contributed by atoms with Gasteiger partial charge in [0.05, 0.1) is 10.5 Å². The number of rotatable bonds is 7. The van der Waals surface area contributed by atoms with Crippen molar-refractivity contribution in [1.82, 2.24) is 9.97 Å². The Labute approximate surface area is 111 Å². The van der Waals surface area contributed by atoms with Crippen LogP contribution >= 0.6 is 0 Å². The molecular formula is C11H19N5O3. The zero-order chi connectivity index (χ0) is 14.5. The van der Waals surface area contributed by atoms with Gasteiger partial charge in [0.1, 0.15) is 6.33 Å². The minimum absolute atomic E-state index is 0.0979. The summed E-state index contributed by atoms with van der Waals surface area (Å²) in [5.41, 5.74) is -1.20. The van der Waals surface area contributed by atoms with E-state index < -0.39 is 10.5 Å². The van der Waals surface area contributed by atoms with Crippen LogP contribution in [0.25, 0.3) is 0 Å². The SMILES string of the molecule is CCCNc1ncnc(NCC(C)(C)O)c1[N+](=O)[O-]. The van der Waals surface area contributed by atoms with E-state index >= 15 is 0 Å². The highest BCUT2D eigenvalue weighted by Crippen LogP contribution is 2.28. The van der Waals surface area contributed by atoms with Gasteiger partial charge in [-0.25, -0.2) is 9.97 Å². The fourth-order valence-corrected chi connectivity index (χ4v) is 1.35. The van der Waals surface area contributed by atoms with Crippen LogP contribution in [0, 0.1) is 10.1 Å². The third kappa shape index (κ3) is 4.66. The van der Waals surface area contributed by atoms with Gasteiger partial charge in [-0.05, 0) is 20.3 Å². The Hall–Kier alpha value is -1.96. The van der Waals surface area contributed by atoms with Crippen molar-refractivity contribution in [2.45, 2.75) is 32.8 Å². The first-order valence-corrected chi connectivity index (χ1v) is 6.04. The Morgan fingerprint density at radius 3 is 2.42 bits per heavy atom. The fourth-order valence-electron chi connectivity index (χ4n) is 1.35. The van der Waals surface area contributed by atoms with Crippen LogP contribution in [0.2, 0.25) is 0 Å². The van der Waals surface area contributed by atoms with Gasteiger partial charge in [-0.3, -0.25) is 10.1 Å². The summed E-state index contributed by atoms with van der Waals surface area (Å²) in [6.07, 6.45) is 2.07. The van der Waals surface area contributed by atoms with Gasteiger partial charge < -0.3 is 15.7 Å². The summed E-state index contributed by atoms with van der Waals surface area (Å²) in [6, 6.07) is 0. The zero-order valence-corrected chi connectivity index (χ0v) is 11.3. The second kappa shape index (κ2) is 6.28. The maximum atomic E-state index is 11.1. The van der Waals surface area contributed by atoms with Crippen LogP contribution in [0.1, 0.15) is 27.2 Å². The van der Waals surface area contributed by atoms with Gasteiger partial charge in [0.25, 0.3) is 0 Å². The van der Waals surface area contributed by atoms with E-state index in [2.05, 4.69) is 20.6 Å². The predicted octanol–water partition coefficient (Wildman–Crippen LogP) is 1.39. The second-order valence-corrected chi connectivity index (χ2v) is 4.77. The van der Waals surface area contributed by atoms with E-state index in [-0.39, 0.29) is 23.9 Å². The molecule has 106 valence electrons. The minimum Gasteiger partial charge on any atom is -0.389 e. The number of nitrogens with one attached hydrogen (secondary N) is 2. The van der Waals surface area contributed by atoms with E-state index in [0.717, 1.165) is 6.42 Å². The highest BCUT2D eigenvalue weighted by atomic mass is 16.6. The van der Waals surface area contributed by atoms with E-state index in [1.165, 1.54) is 6.33 Å². The van der Waals surface area contributed by atoms with Crippen LogP contribution < -0.4 is 10.6 Å². The van der Waals surface area contributed by atoms with Gasteiger partial charge in [-0.2, -0.15) is 0 Å². The molecule has 1 aromatic heterocycles. The molecule has 0 aliphatic heterocycles. The van der Waals surface area contributed by atoms with Gasteiger partial charge in [-0.15, -0.1) is 0 Å². The number of anilines is 2. The van der Waals surface area contributed by atoms with E-state index in [1.807, 2.05) is 6.92 Å². The summed E-state index contributed by atoms with van der Waals surface area (Å²) in [5, 5.41) is 26.4. The topological polar surface area (TPSA) is 113 Å². The van der Waals surface area contributed by atoms with Gasteiger partial charge >= 0.3 is 5.69 Å². The first-order chi connectivity index (χ1) is 8.85. The molecule has 1 rings (SSSR count). The summed E-state index contributed by atoms with van der Waals surface area (Å²) in [4.78, 5) is 18.3. The Morgan fingerprint density at radius 1 is 1.37 bits per heavy atom. The molecule has 8 nitrogen and oxygen atoms in total. The van der Waals surface area contributed by atoms with Gasteiger partial charge in [0.15, 0.2) is 0 Å². The van der Waals surface area contributed by atoms with Gasteiger partial charge in [0, 0.05) is 13.1 Å². The largest absolute Gasteiger partial charge is 0.389 e. The molecule has 0 saturated carbocycles. The quantitative estimate of drug-likeness (QED) is 0.506. The van der Waals surface area contributed by atoms with Crippen LogP contribution in [0.4, 0.5) is 17.3 Å². The van der Waals surface area contributed by atoms with Crippen molar-refractivity contribution >= 4 is 17.3 Å². The third-order valence-electron chi connectivity index (χ3n) is 2.24. The van der Waals surface area contributed by atoms with Crippen LogP contribution in [0.15, 0.2) is 6.33 Å². The highest BCUT2D eigenvalue weighted by molar-refractivity contribution is 5.69. The summed E-state index contributed by atoms with van der Waals surface area (Å²) in [5.74, 6) is 0.279. The summed E-state index contributed by atoms with van der Waals surface area (Å²) in [7, 11) is 0. The molecule has 0 amide bonds.